The van der Waals surface area contributed by atoms with Crippen LogP contribution in [0.25, 0.3) is 0 Å². The molecular weight excluding hydrogens is 237 g/mol. The van der Waals surface area contributed by atoms with Crippen molar-refractivity contribution in [2.45, 2.75) is 13.8 Å². The van der Waals surface area contributed by atoms with Gasteiger partial charge in [0.25, 0.3) is 5.91 Å². The molecule has 0 aromatic carbocycles. The number of amides is 2. The highest BCUT2D eigenvalue weighted by molar-refractivity contribution is 5.96. The van der Waals surface area contributed by atoms with E-state index in [0.717, 1.165) is 0 Å². The Bertz CT molecular complexity index is 435. The van der Waals surface area contributed by atoms with Crippen LogP contribution < -0.4 is 10.6 Å². The van der Waals surface area contributed by atoms with Gasteiger partial charge in [0.1, 0.15) is 0 Å². The molecule has 0 bridgehead atoms. The van der Waals surface area contributed by atoms with Crippen molar-refractivity contribution in [2.24, 2.45) is 5.92 Å². The Hall–Kier alpha value is -1.98. The minimum atomic E-state index is -0.849. The van der Waals surface area contributed by atoms with Crippen molar-refractivity contribution in [1.29, 1.82) is 0 Å². The van der Waals surface area contributed by atoms with Gasteiger partial charge in [-0.1, -0.05) is 13.8 Å². The van der Waals surface area contributed by atoms with Crippen molar-refractivity contribution in [3.63, 3.8) is 0 Å². The summed E-state index contributed by atoms with van der Waals surface area (Å²) in [6.45, 7) is 4.28. The number of pyridine rings is 1. The maximum atomic E-state index is 13.1. The molecule has 1 aromatic heterocycles. The van der Waals surface area contributed by atoms with Gasteiger partial charge >= 0.3 is 0 Å². The fourth-order valence-corrected chi connectivity index (χ4v) is 1.19. The van der Waals surface area contributed by atoms with Crippen molar-refractivity contribution < 1.29 is 14.0 Å². The zero-order valence-corrected chi connectivity index (χ0v) is 10.4. The SMILES string of the molecule is CC(C)CNC(=O)CNC(=O)c1cccnc1F. The molecule has 0 atom stereocenters. The Labute approximate surface area is 105 Å². The third-order valence-corrected chi connectivity index (χ3v) is 2.12. The molecule has 1 aromatic rings. The number of rotatable bonds is 5. The van der Waals surface area contributed by atoms with Crippen LogP contribution in [0.1, 0.15) is 24.2 Å². The van der Waals surface area contributed by atoms with E-state index in [1.54, 1.807) is 0 Å². The van der Waals surface area contributed by atoms with Crippen LogP contribution in [0.3, 0.4) is 0 Å². The van der Waals surface area contributed by atoms with Crippen LogP contribution in [0.5, 0.6) is 0 Å². The molecule has 0 aliphatic heterocycles. The smallest absolute Gasteiger partial charge is 0.256 e. The molecule has 1 rings (SSSR count). The first-order chi connectivity index (χ1) is 8.50. The van der Waals surface area contributed by atoms with E-state index in [0.29, 0.717) is 12.5 Å². The zero-order chi connectivity index (χ0) is 13.5. The maximum Gasteiger partial charge on any atom is 0.256 e. The molecule has 0 aliphatic carbocycles. The molecule has 0 radical (unpaired) electrons. The van der Waals surface area contributed by atoms with Gasteiger partial charge in [0.15, 0.2) is 0 Å². The summed E-state index contributed by atoms with van der Waals surface area (Å²) < 4.78 is 13.1. The van der Waals surface area contributed by atoms with Crippen LogP contribution in [0.2, 0.25) is 0 Å². The Morgan fingerprint density at radius 3 is 2.72 bits per heavy atom. The minimum absolute atomic E-state index is 0.172. The highest BCUT2D eigenvalue weighted by Crippen LogP contribution is 2.01. The van der Waals surface area contributed by atoms with E-state index in [2.05, 4.69) is 15.6 Å². The highest BCUT2D eigenvalue weighted by atomic mass is 19.1. The maximum absolute atomic E-state index is 13.1. The molecule has 6 heteroatoms. The van der Waals surface area contributed by atoms with Crippen LogP contribution in [0.4, 0.5) is 4.39 Å². The summed E-state index contributed by atoms with van der Waals surface area (Å²) in [7, 11) is 0. The van der Waals surface area contributed by atoms with Crippen molar-refractivity contribution in [3.8, 4) is 0 Å². The first kappa shape index (κ1) is 14.1. The first-order valence-electron chi connectivity index (χ1n) is 5.66. The zero-order valence-electron chi connectivity index (χ0n) is 10.4. The molecule has 0 saturated carbocycles. The third kappa shape index (κ3) is 4.48. The molecule has 0 saturated heterocycles. The van der Waals surface area contributed by atoms with Gasteiger partial charge in [-0.2, -0.15) is 4.39 Å². The Kier molecular flexibility index (Phi) is 5.23. The van der Waals surface area contributed by atoms with Gasteiger partial charge in [0.2, 0.25) is 11.9 Å². The molecule has 98 valence electrons. The molecule has 1 heterocycles. The van der Waals surface area contributed by atoms with Crippen LogP contribution >= 0.6 is 0 Å². The normalized spacial score (nSPS) is 10.2. The van der Waals surface area contributed by atoms with Crippen molar-refractivity contribution in [1.82, 2.24) is 15.6 Å². The predicted molar refractivity (Wildman–Crippen MR) is 64.4 cm³/mol. The standard InChI is InChI=1S/C12H16FN3O2/c1-8(2)6-15-10(17)7-16-12(18)9-4-3-5-14-11(9)13/h3-5,8H,6-7H2,1-2H3,(H,15,17)(H,16,18). The molecule has 2 N–H and O–H groups in total. The Balaban J connectivity index is 2.42. The van der Waals surface area contributed by atoms with Gasteiger partial charge in [-0.25, -0.2) is 4.98 Å². The monoisotopic (exact) mass is 253 g/mol. The van der Waals surface area contributed by atoms with Gasteiger partial charge < -0.3 is 10.6 Å². The molecule has 0 aliphatic rings. The summed E-state index contributed by atoms with van der Waals surface area (Å²) in [5, 5.41) is 4.97. The van der Waals surface area contributed by atoms with Gasteiger partial charge in [0, 0.05) is 12.7 Å². The number of carbonyl (C=O) groups is 2. The summed E-state index contributed by atoms with van der Waals surface area (Å²) in [4.78, 5) is 26.2. The molecular formula is C12H16FN3O2. The summed E-state index contributed by atoms with van der Waals surface area (Å²) in [5.41, 5.74) is -0.172. The quantitative estimate of drug-likeness (QED) is 0.760. The largest absolute Gasteiger partial charge is 0.354 e. The number of nitrogens with one attached hydrogen (secondary N) is 2. The lowest BCUT2D eigenvalue weighted by atomic mass is 10.2. The van der Waals surface area contributed by atoms with Gasteiger partial charge in [-0.15, -0.1) is 0 Å². The van der Waals surface area contributed by atoms with Gasteiger partial charge in [-0.05, 0) is 18.1 Å². The summed E-state index contributed by atoms with van der Waals surface area (Å²) in [6.07, 6.45) is 1.25. The van der Waals surface area contributed by atoms with E-state index < -0.39 is 11.9 Å². The van der Waals surface area contributed by atoms with E-state index in [1.165, 1.54) is 18.3 Å². The second kappa shape index (κ2) is 6.68. The fraction of sp³-hybridized carbons (Fsp3) is 0.417. The lowest BCUT2D eigenvalue weighted by Crippen LogP contribution is -2.38. The van der Waals surface area contributed by atoms with E-state index >= 15 is 0 Å². The van der Waals surface area contributed by atoms with Crippen LogP contribution in [-0.2, 0) is 4.79 Å². The minimum Gasteiger partial charge on any atom is -0.354 e. The van der Waals surface area contributed by atoms with Gasteiger partial charge in [-0.3, -0.25) is 9.59 Å². The van der Waals surface area contributed by atoms with Crippen molar-refractivity contribution in [2.75, 3.05) is 13.1 Å². The topological polar surface area (TPSA) is 71.1 Å². The number of hydrogen-bond acceptors (Lipinski definition) is 3. The number of nitrogens with zero attached hydrogens (tertiary/aromatic N) is 1. The van der Waals surface area contributed by atoms with Gasteiger partial charge in [0.05, 0.1) is 12.1 Å². The number of hydrogen-bond donors (Lipinski definition) is 2. The highest BCUT2D eigenvalue weighted by Gasteiger charge is 2.12. The van der Waals surface area contributed by atoms with E-state index in [4.69, 9.17) is 0 Å². The van der Waals surface area contributed by atoms with E-state index in [-0.39, 0.29) is 18.0 Å². The van der Waals surface area contributed by atoms with E-state index in [9.17, 15) is 14.0 Å². The summed E-state index contributed by atoms with van der Waals surface area (Å²) >= 11 is 0. The average Bonchev–Trinajstić information content (AvgIpc) is 2.34. The molecule has 0 spiro atoms. The van der Waals surface area contributed by atoms with Crippen molar-refractivity contribution in [3.05, 3.63) is 29.8 Å². The molecule has 5 nitrogen and oxygen atoms in total. The first-order valence-corrected chi connectivity index (χ1v) is 5.66. The summed E-state index contributed by atoms with van der Waals surface area (Å²) in [5.74, 6) is -1.47. The average molecular weight is 253 g/mol. The Morgan fingerprint density at radius 2 is 2.11 bits per heavy atom. The molecule has 0 unspecified atom stereocenters. The van der Waals surface area contributed by atoms with Crippen molar-refractivity contribution >= 4 is 11.8 Å². The number of aromatic nitrogens is 1. The second-order valence-electron chi connectivity index (χ2n) is 4.22. The lowest BCUT2D eigenvalue weighted by Gasteiger charge is -2.08. The molecule has 0 fully saturated rings. The fourth-order valence-electron chi connectivity index (χ4n) is 1.19. The molecule has 18 heavy (non-hydrogen) atoms. The third-order valence-electron chi connectivity index (χ3n) is 2.12. The van der Waals surface area contributed by atoms with Crippen LogP contribution in [0.15, 0.2) is 18.3 Å². The second-order valence-corrected chi connectivity index (χ2v) is 4.22. The molecule has 2 amide bonds. The Morgan fingerprint density at radius 1 is 1.39 bits per heavy atom. The van der Waals surface area contributed by atoms with E-state index in [1.807, 2.05) is 13.8 Å². The van der Waals surface area contributed by atoms with Crippen LogP contribution in [0, 0.1) is 11.9 Å². The number of carbonyl (C=O) groups excluding carboxylic acids is 2. The summed E-state index contributed by atoms with van der Waals surface area (Å²) in [6, 6.07) is 2.76. The van der Waals surface area contributed by atoms with Crippen LogP contribution in [-0.4, -0.2) is 29.9 Å². The predicted octanol–water partition coefficient (Wildman–Crippen LogP) is 0.723. The number of halogens is 1. The lowest BCUT2D eigenvalue weighted by molar-refractivity contribution is -0.120.